The number of rotatable bonds is 13. The Kier molecular flexibility index (Phi) is 15.2. The van der Waals surface area contributed by atoms with E-state index in [0.717, 1.165) is 38.9 Å². The first-order valence-corrected chi connectivity index (χ1v) is 43.6. The molecule has 2 aliphatic rings. The van der Waals surface area contributed by atoms with Crippen LogP contribution in [0, 0.1) is 0 Å². The van der Waals surface area contributed by atoms with E-state index in [2.05, 4.69) is 172 Å². The zero-order chi connectivity index (χ0) is 102. The third kappa shape index (κ3) is 14.0. The molecular formula is C118H97BN10. The minimum absolute atomic E-state index is 0.112. The monoisotopic (exact) mass is 1680 g/mol. The molecule has 0 saturated heterocycles. The van der Waals surface area contributed by atoms with Crippen LogP contribution < -0.4 is 26.2 Å². The summed E-state index contributed by atoms with van der Waals surface area (Å²) in [6.07, 6.45) is 0. The largest absolute Gasteiger partial charge is 0.310 e. The summed E-state index contributed by atoms with van der Waals surface area (Å²) in [6, 6.07) is 82.2. The lowest BCUT2D eigenvalue weighted by Crippen LogP contribution is -2.61. The van der Waals surface area contributed by atoms with Crippen molar-refractivity contribution in [2.75, 3.05) is 9.80 Å². The summed E-state index contributed by atoms with van der Waals surface area (Å²) in [5.74, 6) is 2.02. The maximum atomic E-state index is 10.2. The average Bonchev–Trinajstić information content (AvgIpc) is 1.46. The predicted octanol–water partition coefficient (Wildman–Crippen LogP) is 28.5. The Morgan fingerprint density at radius 3 is 0.806 bits per heavy atom. The van der Waals surface area contributed by atoms with Gasteiger partial charge in [-0.25, -0.2) is 29.9 Å². The highest BCUT2D eigenvalue weighted by Crippen LogP contribution is 2.56. The van der Waals surface area contributed by atoms with E-state index in [0.29, 0.717) is 124 Å². The fourth-order valence-electron chi connectivity index (χ4n) is 18.4. The van der Waals surface area contributed by atoms with Gasteiger partial charge in [-0.2, -0.15) is 0 Å². The maximum absolute atomic E-state index is 10.2. The molecular weight excluding hydrogens is 1570 g/mol. The molecule has 622 valence electrons. The standard InChI is InChI=1S/C118H97BN10/c1-115(2,3)82-63-80(64-83(67-82)116(4,5)6)81-65-104-106-105(66-81)129(108-93(75-41-21-14-22-42-75)69-85(118(10,11)12)71-95(108)114-124-111(78-47-27-17-28-48-78)121-112(125-114)79-49-29-18-30-50-79)103-73-87(127-100-57-37-33-53-90(100)91-54-34-38-58-101(91)127)60-62-97(103)119(106)96-61-59-86(126-98-55-35-31-51-88(98)89-52-32-36-56-99(89)126)72-102(96)128(104)107-92(74-39-19-13-20-40-74)68-84(117(7,8)9)70-94(107)113-122-109(76-43-23-15-24-44-76)120-110(123-113)77-45-25-16-26-46-77/h13-73H,1-12H3/i31D,32D,33D,34D,35D,36D,37D,38D,51D,52D,53D,54D,55D,56D,57D,58D. The first kappa shape index (κ1) is 63.7. The number of hydrogen-bond acceptors (Lipinski definition) is 8. The second-order valence-corrected chi connectivity index (χ2v) is 37.5. The van der Waals surface area contributed by atoms with Gasteiger partial charge in [0.1, 0.15) is 0 Å². The molecule has 0 spiro atoms. The second kappa shape index (κ2) is 30.8. The minimum atomic E-state index is -0.973. The van der Waals surface area contributed by atoms with Crippen molar-refractivity contribution >= 4 is 101 Å². The summed E-state index contributed by atoms with van der Waals surface area (Å²) < 4.78 is 159. The first-order chi connectivity index (χ1) is 69.1. The summed E-state index contributed by atoms with van der Waals surface area (Å²) in [4.78, 5) is 38.2. The number of fused-ring (bicyclic) bond motifs is 10. The number of nitrogens with zero attached hydrogens (tertiary/aromatic N) is 10. The maximum Gasteiger partial charge on any atom is 0.252 e. The molecule has 4 aromatic heterocycles. The molecule has 6 heterocycles. The van der Waals surface area contributed by atoms with Crippen LogP contribution in [0.3, 0.4) is 0 Å². The van der Waals surface area contributed by atoms with E-state index in [1.54, 1.807) is 9.13 Å². The van der Waals surface area contributed by atoms with Gasteiger partial charge in [0.2, 0.25) is 0 Å². The number of anilines is 6. The van der Waals surface area contributed by atoms with Gasteiger partial charge in [0, 0.05) is 100 Å². The Balaban J connectivity index is 1.00. The summed E-state index contributed by atoms with van der Waals surface area (Å²) in [5, 5.41) is -0.500. The SMILES string of the molecule is [2H]c1c([2H])c([2H])c2c(c1[2H])c1c([2H])c([2H])c([2H])c([2H])c1n2-c1ccc2c(c1)N(c1c(-c3ccccc3)cc(C(C)(C)C)cc1-c1nc(-c3ccccc3)nc(-c3ccccc3)n1)c1cc(-c3cc(C(C)(C)C)cc(C(C)(C)C)c3)cc3c1B2c1ccc(-n2c4c([2H])c([2H])c([2H])c([2H])c4c4c([2H])c([2H])c([2H])c([2H])c42)cc1N3c1c(-c2ccccc2)cc(C(C)(C)C)cc1-c1nc(-c2ccccc2)nc(-c2ccccc2)n1. The van der Waals surface area contributed by atoms with Crippen LogP contribution in [0.2, 0.25) is 0 Å². The number of para-hydroxylation sites is 4. The normalized spacial score (nSPS) is 14.5. The van der Waals surface area contributed by atoms with E-state index in [1.807, 2.05) is 194 Å². The molecule has 0 unspecified atom stereocenters. The highest BCUT2D eigenvalue weighted by atomic mass is 15.2. The van der Waals surface area contributed by atoms with Crippen molar-refractivity contribution in [2.24, 2.45) is 0 Å². The molecule has 0 atom stereocenters. The van der Waals surface area contributed by atoms with E-state index in [1.165, 1.54) is 0 Å². The quantitative estimate of drug-likeness (QED) is 0.105. The van der Waals surface area contributed by atoms with E-state index in [9.17, 15) is 21.9 Å². The van der Waals surface area contributed by atoms with Crippen LogP contribution in [0.15, 0.2) is 370 Å². The zero-order valence-corrected chi connectivity index (χ0v) is 73.5. The zero-order valence-electron chi connectivity index (χ0n) is 89.5. The molecule has 22 rings (SSSR count). The Morgan fingerprint density at radius 1 is 0.240 bits per heavy atom. The lowest BCUT2D eigenvalue weighted by atomic mass is 9.33. The molecule has 0 aliphatic carbocycles. The van der Waals surface area contributed by atoms with Gasteiger partial charge in [0.15, 0.2) is 34.9 Å². The summed E-state index contributed by atoms with van der Waals surface area (Å²) in [6.45, 7) is 25.3. The van der Waals surface area contributed by atoms with Gasteiger partial charge in [0.05, 0.1) is 55.4 Å². The van der Waals surface area contributed by atoms with Gasteiger partial charge in [-0.05, 0) is 167 Å². The second-order valence-electron chi connectivity index (χ2n) is 37.5. The first-order valence-electron chi connectivity index (χ1n) is 51.6. The van der Waals surface area contributed by atoms with Crippen LogP contribution in [0.5, 0.6) is 0 Å². The van der Waals surface area contributed by atoms with Gasteiger partial charge >= 0.3 is 0 Å². The lowest BCUT2D eigenvalue weighted by Gasteiger charge is -2.46. The van der Waals surface area contributed by atoms with Crippen molar-refractivity contribution in [2.45, 2.75) is 105 Å². The van der Waals surface area contributed by atoms with Crippen LogP contribution in [0.1, 0.15) is 127 Å². The number of hydrogen-bond donors (Lipinski definition) is 0. The highest BCUT2D eigenvalue weighted by Gasteiger charge is 2.47. The smallest absolute Gasteiger partial charge is 0.252 e. The molecule has 0 bridgehead atoms. The molecule has 10 nitrogen and oxygen atoms in total. The molecule has 0 saturated carbocycles. The van der Waals surface area contributed by atoms with Crippen molar-refractivity contribution < 1.29 is 21.9 Å². The molecule has 20 aromatic rings. The van der Waals surface area contributed by atoms with Gasteiger partial charge in [-0.1, -0.05) is 368 Å². The minimum Gasteiger partial charge on any atom is -0.310 e. The molecule has 11 heteroatoms. The van der Waals surface area contributed by atoms with Crippen molar-refractivity contribution in [3.8, 4) is 113 Å². The fraction of sp³-hybridized carbons (Fsp3) is 0.136. The number of aromatic nitrogens is 8. The molecule has 0 amide bonds. The Labute approximate surface area is 777 Å². The molecule has 16 aromatic carbocycles. The number of benzene rings is 16. The van der Waals surface area contributed by atoms with E-state index >= 15 is 0 Å². The molecule has 2 aliphatic heterocycles. The predicted molar refractivity (Wildman–Crippen MR) is 540 cm³/mol. The van der Waals surface area contributed by atoms with Gasteiger partial charge < -0.3 is 18.9 Å². The Hall–Kier alpha value is -15.2. The van der Waals surface area contributed by atoms with E-state index in [4.69, 9.17) is 29.9 Å². The van der Waals surface area contributed by atoms with E-state index < -0.39 is 125 Å². The molecule has 0 radical (unpaired) electrons. The summed E-state index contributed by atoms with van der Waals surface area (Å²) in [7, 11) is 0. The Bertz CT molecular complexity index is 8100. The van der Waals surface area contributed by atoms with Gasteiger partial charge in [-0.3, -0.25) is 0 Å². The van der Waals surface area contributed by atoms with Crippen molar-refractivity contribution in [1.82, 2.24) is 39.0 Å². The van der Waals surface area contributed by atoms with Crippen molar-refractivity contribution in [3.05, 3.63) is 392 Å². The van der Waals surface area contributed by atoms with Crippen LogP contribution in [-0.2, 0) is 21.7 Å². The van der Waals surface area contributed by atoms with Crippen LogP contribution in [-0.4, -0.2) is 45.8 Å². The summed E-state index contributed by atoms with van der Waals surface area (Å²) >= 11 is 0. The van der Waals surface area contributed by atoms with E-state index in [-0.39, 0.29) is 66.6 Å². The fourth-order valence-corrected chi connectivity index (χ4v) is 18.4. The molecule has 0 N–H and O–H groups in total. The van der Waals surface area contributed by atoms with Crippen molar-refractivity contribution in [3.63, 3.8) is 0 Å². The van der Waals surface area contributed by atoms with Crippen LogP contribution in [0.25, 0.3) is 157 Å². The lowest BCUT2D eigenvalue weighted by molar-refractivity contribution is 0.569. The van der Waals surface area contributed by atoms with Gasteiger partial charge in [-0.15, -0.1) is 0 Å². The Morgan fingerprint density at radius 2 is 0.504 bits per heavy atom. The highest BCUT2D eigenvalue weighted by molar-refractivity contribution is 7.00. The third-order valence-corrected chi connectivity index (χ3v) is 25.1. The van der Waals surface area contributed by atoms with Gasteiger partial charge in [0.25, 0.3) is 6.71 Å². The van der Waals surface area contributed by atoms with Crippen LogP contribution in [0.4, 0.5) is 34.1 Å². The van der Waals surface area contributed by atoms with Crippen LogP contribution >= 0.6 is 0 Å². The molecule has 129 heavy (non-hydrogen) atoms. The molecule has 0 fully saturated rings. The van der Waals surface area contributed by atoms with Crippen molar-refractivity contribution in [1.29, 1.82) is 0 Å². The summed E-state index contributed by atoms with van der Waals surface area (Å²) in [5.41, 5.74) is 15.1. The average molecular weight is 1680 g/mol. The topological polar surface area (TPSA) is 93.7 Å². The third-order valence-electron chi connectivity index (χ3n) is 25.1.